The van der Waals surface area contributed by atoms with Crippen molar-refractivity contribution in [1.82, 2.24) is 9.97 Å². The molecule has 0 amide bonds. The molecule has 0 unspecified atom stereocenters. The lowest BCUT2D eigenvalue weighted by Gasteiger charge is -1.95. The lowest BCUT2D eigenvalue weighted by atomic mass is 10.2. The first kappa shape index (κ1) is 17.3. The van der Waals surface area contributed by atoms with Crippen molar-refractivity contribution in [2.75, 3.05) is 0 Å². The van der Waals surface area contributed by atoms with Crippen LogP contribution in [0.3, 0.4) is 0 Å². The Labute approximate surface area is 131 Å². The monoisotopic (exact) mass is 310 g/mol. The van der Waals surface area contributed by atoms with Gasteiger partial charge in [-0.05, 0) is 12.8 Å². The lowest BCUT2D eigenvalue weighted by Crippen LogP contribution is -1.86. The van der Waals surface area contributed by atoms with Crippen LogP contribution in [0.4, 0.5) is 0 Å². The summed E-state index contributed by atoms with van der Waals surface area (Å²) in [6, 6.07) is 0. The highest BCUT2D eigenvalue weighted by Gasteiger charge is 2.03. The van der Waals surface area contributed by atoms with Gasteiger partial charge in [-0.2, -0.15) is 0 Å². The molecule has 4 heteroatoms. The predicted octanol–water partition coefficient (Wildman–Crippen LogP) is 5.66. The van der Waals surface area contributed by atoms with Crippen molar-refractivity contribution in [3.05, 3.63) is 32.2 Å². The van der Waals surface area contributed by atoms with Gasteiger partial charge in [0.25, 0.3) is 0 Å². The summed E-state index contributed by atoms with van der Waals surface area (Å²) in [5.74, 6) is 1.18. The van der Waals surface area contributed by atoms with Gasteiger partial charge in [0.15, 0.2) is 0 Å². The highest BCUT2D eigenvalue weighted by atomic mass is 32.1. The predicted molar refractivity (Wildman–Crippen MR) is 91.2 cm³/mol. The molecule has 0 saturated carbocycles. The summed E-state index contributed by atoms with van der Waals surface area (Å²) >= 11 is 3.60. The fraction of sp³-hybridized carbons (Fsp3) is 0.625. The van der Waals surface area contributed by atoms with Gasteiger partial charge >= 0.3 is 0 Å². The van der Waals surface area contributed by atoms with Crippen molar-refractivity contribution in [1.29, 1.82) is 0 Å². The molecule has 0 saturated heterocycles. The lowest BCUT2D eigenvalue weighted by molar-refractivity contribution is 0.840. The normalized spacial score (nSPS) is 10.8. The molecule has 0 aliphatic carbocycles. The Bertz CT molecular complexity index is 452. The van der Waals surface area contributed by atoms with E-state index in [4.69, 9.17) is 0 Å². The summed E-state index contributed by atoms with van der Waals surface area (Å²) < 4.78 is 0. The molecule has 112 valence electrons. The Morgan fingerprint density at radius 1 is 1.00 bits per heavy atom. The van der Waals surface area contributed by atoms with Crippen LogP contribution in [0.25, 0.3) is 0 Å². The van der Waals surface area contributed by atoms with Gasteiger partial charge in [0.05, 0.1) is 15.7 Å². The van der Waals surface area contributed by atoms with Gasteiger partial charge in [-0.3, -0.25) is 0 Å². The van der Waals surface area contributed by atoms with Gasteiger partial charge in [-0.25, -0.2) is 9.97 Å². The fourth-order valence-electron chi connectivity index (χ4n) is 1.50. The molecule has 0 bridgehead atoms. The first-order chi connectivity index (χ1) is 9.47. The van der Waals surface area contributed by atoms with E-state index in [0.29, 0.717) is 11.8 Å². The summed E-state index contributed by atoms with van der Waals surface area (Å²) in [4.78, 5) is 10.1. The van der Waals surface area contributed by atoms with Crippen molar-refractivity contribution in [3.63, 3.8) is 0 Å². The maximum absolute atomic E-state index is 4.45. The van der Waals surface area contributed by atoms with E-state index in [-0.39, 0.29) is 0 Å². The first-order valence-electron chi connectivity index (χ1n) is 7.36. The van der Waals surface area contributed by atoms with Gasteiger partial charge in [-0.1, -0.05) is 41.5 Å². The van der Waals surface area contributed by atoms with E-state index in [1.807, 2.05) is 17.5 Å². The molecular formula is C16H26N2S2. The first-order valence-corrected chi connectivity index (χ1v) is 9.06. The topological polar surface area (TPSA) is 25.8 Å². The third-order valence-corrected chi connectivity index (χ3v) is 5.48. The van der Waals surface area contributed by atoms with E-state index < -0.39 is 0 Å². The van der Waals surface area contributed by atoms with Gasteiger partial charge in [0, 0.05) is 28.3 Å². The summed E-state index contributed by atoms with van der Waals surface area (Å²) in [6.45, 7) is 13.0. The van der Waals surface area contributed by atoms with Crippen LogP contribution in [0.5, 0.6) is 0 Å². The van der Waals surface area contributed by atoms with E-state index >= 15 is 0 Å². The zero-order valence-corrected chi connectivity index (χ0v) is 15.1. The highest BCUT2D eigenvalue weighted by molar-refractivity contribution is 7.11. The quantitative estimate of drug-likeness (QED) is 0.728. The maximum Gasteiger partial charge on any atom is 0.0953 e. The van der Waals surface area contributed by atoms with Crippen LogP contribution in [0, 0.1) is 0 Å². The van der Waals surface area contributed by atoms with Crippen molar-refractivity contribution in [2.24, 2.45) is 0 Å². The number of rotatable bonds is 4. The molecule has 0 fully saturated rings. The smallest absolute Gasteiger partial charge is 0.0953 e. The minimum Gasteiger partial charge on any atom is -0.249 e. The van der Waals surface area contributed by atoms with E-state index in [2.05, 4.69) is 56.9 Å². The molecule has 0 atom stereocenters. The Hall–Kier alpha value is -0.740. The fourth-order valence-corrected chi connectivity index (χ4v) is 3.28. The largest absolute Gasteiger partial charge is 0.249 e. The van der Waals surface area contributed by atoms with Crippen LogP contribution in [-0.4, -0.2) is 9.97 Å². The van der Waals surface area contributed by atoms with Crippen LogP contribution < -0.4 is 0 Å². The second-order valence-corrected chi connectivity index (χ2v) is 7.39. The Morgan fingerprint density at radius 2 is 1.65 bits per heavy atom. The molecule has 2 heterocycles. The second-order valence-electron chi connectivity index (χ2n) is 5.36. The van der Waals surface area contributed by atoms with Crippen LogP contribution >= 0.6 is 22.7 Å². The molecule has 2 nitrogen and oxygen atoms in total. The number of hydrogen-bond acceptors (Lipinski definition) is 4. The number of aryl methyl sites for hydroxylation is 2. The SMILES string of the molecule is CCc1cnc(C(C)C)s1.CCc1csc(C(C)C)n1. The number of hydrogen-bond donors (Lipinski definition) is 0. The summed E-state index contributed by atoms with van der Waals surface area (Å²) in [5, 5.41) is 4.67. The van der Waals surface area contributed by atoms with Gasteiger partial charge in [0.1, 0.15) is 0 Å². The average Bonchev–Trinajstić information content (AvgIpc) is 3.08. The van der Waals surface area contributed by atoms with E-state index in [1.54, 1.807) is 11.3 Å². The molecule has 2 aromatic rings. The van der Waals surface area contributed by atoms with E-state index in [9.17, 15) is 0 Å². The molecule has 20 heavy (non-hydrogen) atoms. The number of nitrogens with zero attached hydrogens (tertiary/aromatic N) is 2. The third kappa shape index (κ3) is 5.33. The zero-order valence-electron chi connectivity index (χ0n) is 13.4. The number of aromatic nitrogens is 2. The van der Waals surface area contributed by atoms with Crippen molar-refractivity contribution < 1.29 is 0 Å². The van der Waals surface area contributed by atoms with Crippen molar-refractivity contribution in [3.8, 4) is 0 Å². The van der Waals surface area contributed by atoms with Gasteiger partial charge < -0.3 is 0 Å². The molecular weight excluding hydrogens is 284 g/mol. The third-order valence-electron chi connectivity index (χ3n) is 2.84. The van der Waals surface area contributed by atoms with E-state index in [0.717, 1.165) is 12.8 Å². The van der Waals surface area contributed by atoms with Gasteiger partial charge in [0.2, 0.25) is 0 Å². The van der Waals surface area contributed by atoms with E-state index in [1.165, 1.54) is 20.6 Å². The van der Waals surface area contributed by atoms with Crippen LogP contribution in [0.15, 0.2) is 11.6 Å². The Kier molecular flexibility index (Phi) is 7.38. The van der Waals surface area contributed by atoms with Gasteiger partial charge in [-0.15, -0.1) is 22.7 Å². The second kappa shape index (κ2) is 8.53. The van der Waals surface area contributed by atoms with Crippen molar-refractivity contribution >= 4 is 22.7 Å². The summed E-state index contributed by atoms with van der Waals surface area (Å²) in [7, 11) is 0. The van der Waals surface area contributed by atoms with Crippen LogP contribution in [0.2, 0.25) is 0 Å². The summed E-state index contributed by atoms with van der Waals surface area (Å²) in [6.07, 6.45) is 4.16. The molecule has 0 aromatic carbocycles. The molecule has 0 radical (unpaired) electrons. The molecule has 0 aliphatic heterocycles. The average molecular weight is 311 g/mol. The Balaban J connectivity index is 0.000000200. The highest BCUT2D eigenvalue weighted by Crippen LogP contribution is 2.21. The zero-order chi connectivity index (χ0) is 15.1. The molecule has 2 aromatic heterocycles. The van der Waals surface area contributed by atoms with Crippen LogP contribution in [0.1, 0.15) is 74.0 Å². The standard InChI is InChI=1S/2C8H13NS/c1-4-7-5-10-8(9-7)6(2)3;1-4-7-5-9-8(10-7)6(2)3/h2*5-6H,4H2,1-3H3. The molecule has 0 spiro atoms. The maximum atomic E-state index is 4.45. The minimum absolute atomic E-state index is 0.588. The van der Waals surface area contributed by atoms with Crippen LogP contribution in [-0.2, 0) is 12.8 Å². The molecule has 0 aliphatic rings. The minimum atomic E-state index is 0.588. The Morgan fingerprint density at radius 3 is 1.95 bits per heavy atom. The molecule has 0 N–H and O–H groups in total. The summed E-state index contributed by atoms with van der Waals surface area (Å²) in [5.41, 5.74) is 1.23. The molecule has 2 rings (SSSR count). The van der Waals surface area contributed by atoms with Crippen molar-refractivity contribution in [2.45, 2.75) is 66.2 Å². The number of thiazole rings is 2.